The molecule has 84 valence electrons. The Kier molecular flexibility index (Phi) is 4.68. The minimum atomic E-state index is 0.322. The average Bonchev–Trinajstić information content (AvgIpc) is 2.21. The highest BCUT2D eigenvalue weighted by atomic mass is 32.2. The summed E-state index contributed by atoms with van der Waals surface area (Å²) in [4.78, 5) is 0. The highest BCUT2D eigenvalue weighted by Crippen LogP contribution is 2.19. The molecule has 1 nitrogen and oxygen atoms in total. The van der Waals surface area contributed by atoms with E-state index < -0.39 is 0 Å². The van der Waals surface area contributed by atoms with Gasteiger partial charge in [-0.3, -0.25) is 0 Å². The minimum Gasteiger partial charge on any atom is -0.311 e. The van der Waals surface area contributed by atoms with Crippen molar-refractivity contribution in [3.05, 3.63) is 35.4 Å². The first-order valence-corrected chi connectivity index (χ1v) is 6.58. The first kappa shape index (κ1) is 12.6. The molecule has 0 fully saturated rings. The van der Waals surface area contributed by atoms with Gasteiger partial charge in [0, 0.05) is 17.8 Å². The summed E-state index contributed by atoms with van der Waals surface area (Å²) in [7, 11) is 0. The lowest BCUT2D eigenvalue weighted by atomic mass is 10.1. The van der Waals surface area contributed by atoms with Crippen molar-refractivity contribution in [1.29, 1.82) is 0 Å². The number of nitrogens with one attached hydrogen (secondary N) is 1. The number of hydrogen-bond donors (Lipinski definition) is 1. The van der Waals surface area contributed by atoms with Crippen LogP contribution in [0.25, 0.3) is 0 Å². The van der Waals surface area contributed by atoms with Crippen LogP contribution in [0.5, 0.6) is 0 Å². The number of aryl methyl sites for hydroxylation is 1. The molecule has 0 saturated heterocycles. The van der Waals surface area contributed by atoms with Crippen LogP contribution in [0, 0.1) is 6.92 Å². The Morgan fingerprint density at radius 1 is 1.27 bits per heavy atom. The zero-order valence-electron chi connectivity index (χ0n) is 10.1. The zero-order valence-corrected chi connectivity index (χ0v) is 10.9. The van der Waals surface area contributed by atoms with E-state index in [-0.39, 0.29) is 0 Å². The average molecular weight is 223 g/mol. The summed E-state index contributed by atoms with van der Waals surface area (Å²) in [5.41, 5.74) is 2.77. The standard InChI is InChI=1S/C13H21NS/c1-11-7-5-6-8-12(11)9-14-10-13(2,3)15-4/h5-8,14H,9-10H2,1-4H3. The molecule has 0 aliphatic heterocycles. The minimum absolute atomic E-state index is 0.322. The second-order valence-electron chi connectivity index (χ2n) is 4.49. The van der Waals surface area contributed by atoms with Crippen molar-refractivity contribution in [2.45, 2.75) is 32.1 Å². The van der Waals surface area contributed by atoms with Crippen molar-refractivity contribution in [2.24, 2.45) is 0 Å². The fourth-order valence-electron chi connectivity index (χ4n) is 1.38. The Labute approximate surface area is 97.7 Å². The van der Waals surface area contributed by atoms with E-state index in [1.54, 1.807) is 0 Å². The first-order valence-electron chi connectivity index (χ1n) is 5.35. The van der Waals surface area contributed by atoms with E-state index in [9.17, 15) is 0 Å². The molecule has 1 N–H and O–H groups in total. The van der Waals surface area contributed by atoms with E-state index >= 15 is 0 Å². The van der Waals surface area contributed by atoms with Gasteiger partial charge in [-0.05, 0) is 38.2 Å². The fourth-order valence-corrected chi connectivity index (χ4v) is 1.63. The van der Waals surface area contributed by atoms with Gasteiger partial charge in [-0.1, -0.05) is 24.3 Å². The van der Waals surface area contributed by atoms with Gasteiger partial charge in [0.25, 0.3) is 0 Å². The van der Waals surface area contributed by atoms with Gasteiger partial charge in [0.05, 0.1) is 0 Å². The summed E-state index contributed by atoms with van der Waals surface area (Å²) in [6.07, 6.45) is 2.16. The number of rotatable bonds is 5. The molecule has 1 aromatic rings. The predicted octanol–water partition coefficient (Wildman–Crippen LogP) is 3.23. The maximum absolute atomic E-state index is 3.51. The number of thioether (sulfide) groups is 1. The summed E-state index contributed by atoms with van der Waals surface area (Å²) in [6, 6.07) is 8.54. The second kappa shape index (κ2) is 5.57. The lowest BCUT2D eigenvalue weighted by molar-refractivity contribution is 0.590. The normalized spacial score (nSPS) is 11.7. The van der Waals surface area contributed by atoms with Crippen molar-refractivity contribution in [2.75, 3.05) is 12.8 Å². The van der Waals surface area contributed by atoms with E-state index in [1.165, 1.54) is 11.1 Å². The molecule has 0 unspecified atom stereocenters. The summed E-state index contributed by atoms with van der Waals surface area (Å²) >= 11 is 1.90. The first-order chi connectivity index (χ1) is 7.05. The topological polar surface area (TPSA) is 12.0 Å². The van der Waals surface area contributed by atoms with Crippen LogP contribution in [0.4, 0.5) is 0 Å². The third-order valence-electron chi connectivity index (χ3n) is 2.68. The number of benzene rings is 1. The molecule has 0 aliphatic rings. The van der Waals surface area contributed by atoms with Crippen LogP contribution in [0.2, 0.25) is 0 Å². The van der Waals surface area contributed by atoms with E-state index in [0.717, 1.165) is 13.1 Å². The molecule has 0 atom stereocenters. The maximum Gasteiger partial charge on any atom is 0.0225 e. The molecule has 0 aliphatic carbocycles. The Morgan fingerprint density at radius 2 is 1.93 bits per heavy atom. The third kappa shape index (κ3) is 4.27. The van der Waals surface area contributed by atoms with Gasteiger partial charge in [-0.15, -0.1) is 0 Å². The van der Waals surface area contributed by atoms with Crippen LogP contribution >= 0.6 is 11.8 Å². The van der Waals surface area contributed by atoms with Crippen LogP contribution in [0.15, 0.2) is 24.3 Å². The monoisotopic (exact) mass is 223 g/mol. The van der Waals surface area contributed by atoms with E-state index in [2.05, 4.69) is 56.6 Å². The number of hydrogen-bond acceptors (Lipinski definition) is 2. The third-order valence-corrected chi connectivity index (χ3v) is 3.93. The van der Waals surface area contributed by atoms with Crippen molar-refractivity contribution in [3.8, 4) is 0 Å². The largest absolute Gasteiger partial charge is 0.311 e. The smallest absolute Gasteiger partial charge is 0.0225 e. The molecule has 2 heteroatoms. The van der Waals surface area contributed by atoms with Crippen LogP contribution in [-0.2, 0) is 6.54 Å². The highest BCUT2D eigenvalue weighted by Gasteiger charge is 2.14. The van der Waals surface area contributed by atoms with Crippen molar-refractivity contribution in [1.82, 2.24) is 5.32 Å². The Bertz CT molecular complexity index is 307. The molecule has 1 aromatic carbocycles. The van der Waals surface area contributed by atoms with E-state index in [4.69, 9.17) is 0 Å². The molecule has 0 saturated carbocycles. The molecular formula is C13H21NS. The summed E-state index contributed by atoms with van der Waals surface area (Å²) in [5, 5.41) is 3.51. The molecule has 0 spiro atoms. The molecule has 0 bridgehead atoms. The Hall–Kier alpha value is -0.470. The zero-order chi connectivity index (χ0) is 11.3. The Balaban J connectivity index is 2.42. The molecule has 0 heterocycles. The Morgan fingerprint density at radius 3 is 2.53 bits per heavy atom. The van der Waals surface area contributed by atoms with Gasteiger partial charge in [-0.25, -0.2) is 0 Å². The molecule has 15 heavy (non-hydrogen) atoms. The quantitative estimate of drug-likeness (QED) is 0.822. The van der Waals surface area contributed by atoms with Gasteiger partial charge in [-0.2, -0.15) is 11.8 Å². The molecule has 0 amide bonds. The van der Waals surface area contributed by atoms with Crippen molar-refractivity contribution >= 4 is 11.8 Å². The van der Waals surface area contributed by atoms with E-state index in [0.29, 0.717) is 4.75 Å². The molecule has 1 rings (SSSR count). The molecule has 0 radical (unpaired) electrons. The van der Waals surface area contributed by atoms with E-state index in [1.807, 2.05) is 11.8 Å². The summed E-state index contributed by atoms with van der Waals surface area (Å²) in [5.74, 6) is 0. The van der Waals surface area contributed by atoms with Crippen LogP contribution in [0.1, 0.15) is 25.0 Å². The molecule has 0 aromatic heterocycles. The lowest BCUT2D eigenvalue weighted by Crippen LogP contribution is -2.31. The van der Waals surface area contributed by atoms with Crippen LogP contribution in [0.3, 0.4) is 0 Å². The second-order valence-corrected chi connectivity index (χ2v) is 6.01. The highest BCUT2D eigenvalue weighted by molar-refractivity contribution is 7.99. The van der Waals surface area contributed by atoms with Gasteiger partial charge >= 0.3 is 0 Å². The van der Waals surface area contributed by atoms with Gasteiger partial charge in [0.1, 0.15) is 0 Å². The van der Waals surface area contributed by atoms with Crippen molar-refractivity contribution < 1.29 is 0 Å². The van der Waals surface area contributed by atoms with Gasteiger partial charge in [0.2, 0.25) is 0 Å². The summed E-state index contributed by atoms with van der Waals surface area (Å²) in [6.45, 7) is 8.71. The lowest BCUT2D eigenvalue weighted by Gasteiger charge is -2.22. The van der Waals surface area contributed by atoms with Gasteiger partial charge in [0.15, 0.2) is 0 Å². The SMILES string of the molecule is CSC(C)(C)CNCc1ccccc1C. The summed E-state index contributed by atoms with van der Waals surface area (Å²) < 4.78 is 0.322. The maximum atomic E-state index is 3.51. The predicted molar refractivity (Wildman–Crippen MR) is 70.5 cm³/mol. The molecular weight excluding hydrogens is 202 g/mol. The van der Waals surface area contributed by atoms with Crippen LogP contribution < -0.4 is 5.32 Å². The van der Waals surface area contributed by atoms with Crippen molar-refractivity contribution in [3.63, 3.8) is 0 Å². The fraction of sp³-hybridized carbons (Fsp3) is 0.538. The van der Waals surface area contributed by atoms with Crippen LogP contribution in [-0.4, -0.2) is 17.5 Å². The van der Waals surface area contributed by atoms with Gasteiger partial charge < -0.3 is 5.32 Å².